The molecule has 1 aromatic heterocycles. The average molecular weight is 497 g/mol. The Kier molecular flexibility index (Phi) is 7.48. The summed E-state index contributed by atoms with van der Waals surface area (Å²) in [6, 6.07) is 14.0. The first-order valence-corrected chi connectivity index (χ1v) is 13.8. The Morgan fingerprint density at radius 3 is 2.41 bits per heavy atom. The number of anilines is 2. The largest absolute Gasteiger partial charge is 0.497 e. The molecule has 8 heteroatoms. The minimum Gasteiger partial charge on any atom is -0.497 e. The predicted octanol–water partition coefficient (Wildman–Crippen LogP) is 6.02. The zero-order chi connectivity index (χ0) is 24.1. The summed E-state index contributed by atoms with van der Waals surface area (Å²) in [7, 11) is -1.77. The monoisotopic (exact) mass is 496 g/mol. The van der Waals surface area contributed by atoms with Crippen molar-refractivity contribution in [3.8, 4) is 17.0 Å². The minimum atomic E-state index is -3.38. The highest BCUT2D eigenvalue weighted by Gasteiger charge is 2.24. The van der Waals surface area contributed by atoms with E-state index in [0.29, 0.717) is 10.8 Å². The van der Waals surface area contributed by atoms with Crippen LogP contribution in [0, 0.1) is 5.92 Å². The first-order valence-electron chi connectivity index (χ1n) is 11.3. The lowest BCUT2D eigenvalue weighted by Crippen LogP contribution is -2.23. The van der Waals surface area contributed by atoms with Gasteiger partial charge in [0.05, 0.1) is 29.1 Å². The van der Waals surface area contributed by atoms with Crippen LogP contribution in [0.25, 0.3) is 11.3 Å². The molecule has 1 heterocycles. The molecule has 0 radical (unpaired) electrons. The van der Waals surface area contributed by atoms with Crippen molar-refractivity contribution in [2.75, 3.05) is 17.8 Å². The molecule has 0 saturated heterocycles. The molecule has 6 nitrogen and oxygen atoms in total. The Morgan fingerprint density at radius 2 is 1.79 bits per heavy atom. The van der Waals surface area contributed by atoms with E-state index in [-0.39, 0.29) is 22.5 Å². The Balaban J connectivity index is 1.58. The van der Waals surface area contributed by atoms with Gasteiger partial charge in [0.25, 0.3) is 5.91 Å². The summed E-state index contributed by atoms with van der Waals surface area (Å²) < 4.78 is 31.1. The van der Waals surface area contributed by atoms with Crippen molar-refractivity contribution in [3.63, 3.8) is 0 Å². The van der Waals surface area contributed by atoms with E-state index in [0.717, 1.165) is 42.7 Å². The van der Waals surface area contributed by atoms with Crippen molar-refractivity contribution >= 4 is 37.9 Å². The van der Waals surface area contributed by atoms with Crippen molar-refractivity contribution in [2.45, 2.75) is 37.0 Å². The summed E-state index contributed by atoms with van der Waals surface area (Å²) in [6.07, 6.45) is 6.56. The summed E-state index contributed by atoms with van der Waals surface area (Å²) in [4.78, 5) is 19.1. The molecular weight excluding hydrogens is 468 g/mol. The topological polar surface area (TPSA) is 76.6 Å². The molecule has 3 aromatic rings. The van der Waals surface area contributed by atoms with Crippen LogP contribution in [0.5, 0.6) is 5.75 Å². The van der Waals surface area contributed by atoms with Crippen molar-refractivity contribution in [1.82, 2.24) is 4.98 Å². The molecule has 4 rings (SSSR count). The maximum absolute atomic E-state index is 12.9. The molecule has 178 valence electrons. The van der Waals surface area contributed by atoms with Crippen LogP contribution in [0.15, 0.2) is 71.5 Å². The third-order valence-corrected chi connectivity index (χ3v) is 8.82. The molecule has 0 atom stereocenters. The van der Waals surface area contributed by atoms with E-state index in [1.54, 1.807) is 31.4 Å². The van der Waals surface area contributed by atoms with Crippen LogP contribution in [0.3, 0.4) is 0 Å². The number of methoxy groups -OCH3 is 1. The molecule has 1 aliphatic rings. The van der Waals surface area contributed by atoms with Gasteiger partial charge < -0.3 is 4.74 Å². The van der Waals surface area contributed by atoms with Gasteiger partial charge in [-0.15, -0.1) is 11.3 Å². The highest BCUT2D eigenvalue weighted by Crippen LogP contribution is 2.34. The van der Waals surface area contributed by atoms with Crippen LogP contribution < -0.4 is 9.64 Å². The SMILES string of the molecule is C=CC(=O)N(c1ccc(S(=O)(=O)CC2CCCCC2)cc1)c1nc(-c2ccc(OC)cc2)cs1. The van der Waals surface area contributed by atoms with Crippen LogP contribution in [0.4, 0.5) is 10.8 Å². The maximum Gasteiger partial charge on any atom is 0.256 e. The van der Waals surface area contributed by atoms with E-state index in [1.807, 2.05) is 29.6 Å². The zero-order valence-electron chi connectivity index (χ0n) is 19.1. The van der Waals surface area contributed by atoms with Crippen molar-refractivity contribution < 1.29 is 17.9 Å². The number of ether oxygens (including phenoxy) is 1. The molecule has 1 saturated carbocycles. The fraction of sp³-hybridized carbons (Fsp3) is 0.308. The zero-order valence-corrected chi connectivity index (χ0v) is 20.8. The lowest BCUT2D eigenvalue weighted by molar-refractivity contribution is -0.113. The van der Waals surface area contributed by atoms with Crippen LogP contribution >= 0.6 is 11.3 Å². The summed E-state index contributed by atoms with van der Waals surface area (Å²) in [5.41, 5.74) is 2.17. The van der Waals surface area contributed by atoms with Crippen molar-refractivity contribution in [3.05, 3.63) is 66.6 Å². The van der Waals surface area contributed by atoms with Crippen LogP contribution in [0.2, 0.25) is 0 Å². The number of hydrogen-bond acceptors (Lipinski definition) is 6. The Bertz CT molecular complexity index is 1240. The number of sulfone groups is 1. The number of carbonyl (C=O) groups is 1. The Labute approximate surface area is 204 Å². The van der Waals surface area contributed by atoms with Gasteiger partial charge in [-0.3, -0.25) is 9.69 Å². The standard InChI is InChI=1S/C26H28N2O4S2/c1-3-25(29)28(26-27-24(17-33-26)20-9-13-22(32-2)14-10-20)21-11-15-23(16-12-21)34(30,31)18-19-7-5-4-6-8-19/h3,9-17,19H,1,4-8,18H2,2H3. The average Bonchev–Trinajstić information content (AvgIpc) is 3.34. The minimum absolute atomic E-state index is 0.180. The van der Waals surface area contributed by atoms with Crippen molar-refractivity contribution in [1.29, 1.82) is 0 Å². The molecule has 1 fully saturated rings. The number of carbonyl (C=O) groups excluding carboxylic acids is 1. The molecule has 0 unspecified atom stereocenters. The Hall–Kier alpha value is -2.97. The first-order chi connectivity index (χ1) is 16.4. The molecule has 1 aliphatic carbocycles. The number of rotatable bonds is 8. The number of amides is 1. The van der Waals surface area contributed by atoms with E-state index in [1.165, 1.54) is 28.7 Å². The number of aromatic nitrogens is 1. The second-order valence-electron chi connectivity index (χ2n) is 8.40. The van der Waals surface area contributed by atoms with Crippen LogP contribution in [-0.4, -0.2) is 32.2 Å². The summed E-state index contributed by atoms with van der Waals surface area (Å²) >= 11 is 1.33. The first kappa shape index (κ1) is 24.2. The van der Waals surface area contributed by atoms with E-state index >= 15 is 0 Å². The molecular formula is C26H28N2O4S2. The van der Waals surface area contributed by atoms with Gasteiger partial charge in [-0.1, -0.05) is 25.8 Å². The maximum atomic E-state index is 12.9. The van der Waals surface area contributed by atoms with E-state index in [9.17, 15) is 13.2 Å². The predicted molar refractivity (Wildman–Crippen MR) is 137 cm³/mol. The molecule has 0 aliphatic heterocycles. The second kappa shape index (κ2) is 10.5. The molecule has 2 aromatic carbocycles. The van der Waals surface area contributed by atoms with Crippen molar-refractivity contribution in [2.24, 2.45) is 5.92 Å². The third kappa shape index (κ3) is 5.39. The smallest absolute Gasteiger partial charge is 0.256 e. The molecule has 0 N–H and O–H groups in total. The molecule has 1 amide bonds. The fourth-order valence-electron chi connectivity index (χ4n) is 4.25. The lowest BCUT2D eigenvalue weighted by atomic mass is 9.91. The summed E-state index contributed by atoms with van der Waals surface area (Å²) in [5.74, 6) is 0.818. The molecule has 0 spiro atoms. The van der Waals surface area contributed by atoms with E-state index in [4.69, 9.17) is 4.74 Å². The van der Waals surface area contributed by atoms with Crippen LogP contribution in [0.1, 0.15) is 32.1 Å². The number of hydrogen-bond donors (Lipinski definition) is 0. The number of thiazole rings is 1. The fourth-order valence-corrected chi connectivity index (χ4v) is 6.80. The second-order valence-corrected chi connectivity index (χ2v) is 11.3. The van der Waals surface area contributed by atoms with Gasteiger partial charge in [-0.25, -0.2) is 13.4 Å². The van der Waals surface area contributed by atoms with Gasteiger partial charge in [0.1, 0.15) is 5.75 Å². The van der Waals surface area contributed by atoms with Gasteiger partial charge in [-0.2, -0.15) is 0 Å². The molecule has 34 heavy (non-hydrogen) atoms. The Morgan fingerprint density at radius 1 is 1.12 bits per heavy atom. The third-order valence-electron chi connectivity index (χ3n) is 6.10. The summed E-state index contributed by atoms with van der Waals surface area (Å²) in [5, 5.41) is 2.36. The lowest BCUT2D eigenvalue weighted by Gasteiger charge is -2.22. The number of nitrogens with zero attached hydrogens (tertiary/aromatic N) is 2. The van der Waals surface area contributed by atoms with E-state index in [2.05, 4.69) is 11.6 Å². The number of benzene rings is 2. The normalized spacial score (nSPS) is 14.5. The highest BCUT2D eigenvalue weighted by atomic mass is 32.2. The summed E-state index contributed by atoms with van der Waals surface area (Å²) in [6.45, 7) is 3.61. The van der Waals surface area contributed by atoms with Gasteiger partial charge >= 0.3 is 0 Å². The van der Waals surface area contributed by atoms with Crippen LogP contribution in [-0.2, 0) is 14.6 Å². The van der Waals surface area contributed by atoms with Gasteiger partial charge in [0.2, 0.25) is 0 Å². The van der Waals surface area contributed by atoms with E-state index < -0.39 is 9.84 Å². The van der Waals surface area contributed by atoms with Gasteiger partial charge in [0.15, 0.2) is 15.0 Å². The van der Waals surface area contributed by atoms with Gasteiger partial charge in [-0.05, 0) is 73.4 Å². The molecule has 0 bridgehead atoms. The quantitative estimate of drug-likeness (QED) is 0.356. The van der Waals surface area contributed by atoms with Gasteiger partial charge in [0, 0.05) is 10.9 Å². The highest BCUT2D eigenvalue weighted by molar-refractivity contribution is 7.91.